The number of benzene rings is 1. The predicted molar refractivity (Wildman–Crippen MR) is 114 cm³/mol. The third-order valence-corrected chi connectivity index (χ3v) is 7.55. The Labute approximate surface area is 177 Å². The van der Waals surface area contributed by atoms with Crippen LogP contribution in [0.15, 0.2) is 60.2 Å². The number of likely N-dealkylation sites (tertiary alicyclic amines) is 1. The minimum absolute atomic E-state index is 0.00496. The lowest BCUT2D eigenvalue weighted by Crippen LogP contribution is -2.68. The van der Waals surface area contributed by atoms with E-state index in [1.165, 1.54) is 11.3 Å². The highest BCUT2D eigenvalue weighted by Crippen LogP contribution is 2.58. The standard InChI is InChI=1S/C22H19N5O2S/c28-18(17-7-3-10-30-17)26-11-21(12-26)13-27(20-23-8-4-9-24-20)14-22(21)15-5-1-2-6-16(15)25-19(22)29/h1-10H,11-14H2,(H,25,29)/t22-/m1/s1. The van der Waals surface area contributed by atoms with Crippen LogP contribution in [0.1, 0.15) is 15.2 Å². The van der Waals surface area contributed by atoms with Gasteiger partial charge in [0.25, 0.3) is 5.91 Å². The molecule has 0 saturated carbocycles. The van der Waals surface area contributed by atoms with E-state index in [1.54, 1.807) is 18.5 Å². The van der Waals surface area contributed by atoms with E-state index >= 15 is 0 Å². The van der Waals surface area contributed by atoms with Crippen molar-refractivity contribution in [3.63, 3.8) is 0 Å². The molecule has 2 amide bonds. The number of nitrogens with one attached hydrogen (secondary N) is 1. The fraction of sp³-hybridized carbons (Fsp3) is 0.273. The van der Waals surface area contributed by atoms with Crippen LogP contribution in [0.5, 0.6) is 0 Å². The Morgan fingerprint density at radius 1 is 1.00 bits per heavy atom. The molecule has 30 heavy (non-hydrogen) atoms. The zero-order valence-electron chi connectivity index (χ0n) is 16.1. The average molecular weight is 417 g/mol. The molecule has 2 fully saturated rings. The van der Waals surface area contributed by atoms with Gasteiger partial charge in [-0.15, -0.1) is 11.3 Å². The molecule has 0 aliphatic carbocycles. The van der Waals surface area contributed by atoms with E-state index in [9.17, 15) is 9.59 Å². The largest absolute Gasteiger partial charge is 0.339 e. The van der Waals surface area contributed by atoms with E-state index in [-0.39, 0.29) is 17.2 Å². The van der Waals surface area contributed by atoms with Crippen molar-refractivity contribution in [1.29, 1.82) is 0 Å². The maximum absolute atomic E-state index is 13.5. The summed E-state index contributed by atoms with van der Waals surface area (Å²) in [6, 6.07) is 13.4. The Balaban J connectivity index is 1.41. The van der Waals surface area contributed by atoms with Crippen LogP contribution in [0.4, 0.5) is 11.6 Å². The topological polar surface area (TPSA) is 78.4 Å². The lowest BCUT2D eigenvalue weighted by Gasteiger charge is -2.54. The Bertz CT molecular complexity index is 1140. The van der Waals surface area contributed by atoms with Crippen LogP contribution < -0.4 is 10.2 Å². The van der Waals surface area contributed by atoms with Gasteiger partial charge in [-0.25, -0.2) is 9.97 Å². The molecule has 7 nitrogen and oxygen atoms in total. The van der Waals surface area contributed by atoms with Crippen molar-refractivity contribution in [2.24, 2.45) is 5.41 Å². The van der Waals surface area contributed by atoms with Crippen molar-refractivity contribution in [2.75, 3.05) is 36.4 Å². The van der Waals surface area contributed by atoms with Crippen LogP contribution in [0.3, 0.4) is 0 Å². The molecule has 0 bridgehead atoms. The van der Waals surface area contributed by atoms with Gasteiger partial charge in [-0.05, 0) is 29.1 Å². The fourth-order valence-corrected chi connectivity index (χ4v) is 6.05. The molecule has 1 atom stereocenters. The number of amides is 2. The Morgan fingerprint density at radius 2 is 1.80 bits per heavy atom. The van der Waals surface area contributed by atoms with Crippen molar-refractivity contribution < 1.29 is 9.59 Å². The SMILES string of the molecule is O=C(c1cccs1)N1CC2(C1)CN(c1ncccn1)C[C@@]21C(=O)Nc2ccccc21. The summed E-state index contributed by atoms with van der Waals surface area (Å²) in [5.41, 5.74) is 0.766. The summed E-state index contributed by atoms with van der Waals surface area (Å²) in [5, 5.41) is 5.00. The molecule has 0 unspecified atom stereocenters. The van der Waals surface area contributed by atoms with Crippen LogP contribution in [-0.4, -0.2) is 52.9 Å². The molecule has 6 rings (SSSR count). The molecule has 1 N–H and O–H groups in total. The highest BCUT2D eigenvalue weighted by atomic mass is 32.1. The maximum atomic E-state index is 13.5. The first-order chi connectivity index (χ1) is 14.6. The summed E-state index contributed by atoms with van der Waals surface area (Å²) in [5.74, 6) is 0.659. The minimum atomic E-state index is -0.727. The normalized spacial score (nSPS) is 23.5. The third-order valence-electron chi connectivity index (χ3n) is 6.69. The second-order valence-electron chi connectivity index (χ2n) is 8.23. The molecule has 2 aromatic heterocycles. The first-order valence-corrected chi connectivity index (χ1v) is 10.8. The maximum Gasteiger partial charge on any atom is 0.263 e. The highest BCUT2D eigenvalue weighted by Gasteiger charge is 2.70. The van der Waals surface area contributed by atoms with E-state index in [0.29, 0.717) is 32.1 Å². The van der Waals surface area contributed by atoms with Crippen molar-refractivity contribution in [3.05, 3.63) is 70.7 Å². The summed E-state index contributed by atoms with van der Waals surface area (Å²) >= 11 is 1.45. The smallest absolute Gasteiger partial charge is 0.263 e. The van der Waals surface area contributed by atoms with Crippen molar-refractivity contribution in [1.82, 2.24) is 14.9 Å². The molecule has 3 aliphatic rings. The van der Waals surface area contributed by atoms with Gasteiger partial charge in [0.1, 0.15) is 5.41 Å². The Morgan fingerprint density at radius 3 is 2.57 bits per heavy atom. The van der Waals surface area contributed by atoms with Gasteiger partial charge in [0.2, 0.25) is 11.9 Å². The number of thiophene rings is 1. The molecule has 5 heterocycles. The Kier molecular flexibility index (Phi) is 3.59. The summed E-state index contributed by atoms with van der Waals surface area (Å²) in [6.07, 6.45) is 3.44. The average Bonchev–Trinajstić information content (AvgIpc) is 3.46. The molecule has 2 saturated heterocycles. The van der Waals surface area contributed by atoms with E-state index in [1.807, 2.05) is 46.7 Å². The number of aromatic nitrogens is 2. The van der Waals surface area contributed by atoms with Gasteiger partial charge in [-0.2, -0.15) is 0 Å². The van der Waals surface area contributed by atoms with Gasteiger partial charge in [0.15, 0.2) is 0 Å². The molecule has 150 valence electrons. The lowest BCUT2D eigenvalue weighted by molar-refractivity contribution is -0.128. The molecular weight excluding hydrogens is 398 g/mol. The third kappa shape index (κ3) is 2.19. The molecule has 0 radical (unpaired) electrons. The summed E-state index contributed by atoms with van der Waals surface area (Å²) in [4.78, 5) is 39.9. The zero-order valence-corrected chi connectivity index (χ0v) is 16.9. The predicted octanol–water partition coefficient (Wildman–Crippen LogP) is 2.39. The quantitative estimate of drug-likeness (QED) is 0.693. The zero-order chi connectivity index (χ0) is 20.3. The second kappa shape index (κ2) is 6.12. The van der Waals surface area contributed by atoms with Crippen molar-refractivity contribution >= 4 is 34.8 Å². The van der Waals surface area contributed by atoms with Crippen LogP contribution >= 0.6 is 11.3 Å². The number of carbonyl (C=O) groups is 2. The van der Waals surface area contributed by atoms with Gasteiger partial charge in [-0.1, -0.05) is 24.3 Å². The van der Waals surface area contributed by atoms with E-state index in [0.717, 1.165) is 16.1 Å². The van der Waals surface area contributed by atoms with E-state index in [4.69, 9.17) is 0 Å². The van der Waals surface area contributed by atoms with Crippen LogP contribution in [-0.2, 0) is 10.2 Å². The molecule has 3 aromatic rings. The molecular formula is C22H19N5O2S. The monoisotopic (exact) mass is 417 g/mol. The summed E-state index contributed by atoms with van der Waals surface area (Å²) in [7, 11) is 0. The molecule has 8 heteroatoms. The number of anilines is 2. The minimum Gasteiger partial charge on any atom is -0.339 e. The second-order valence-corrected chi connectivity index (χ2v) is 9.18. The molecule has 2 spiro atoms. The number of para-hydroxylation sites is 1. The number of hydrogen-bond donors (Lipinski definition) is 1. The van der Waals surface area contributed by atoms with Crippen molar-refractivity contribution in [2.45, 2.75) is 5.41 Å². The van der Waals surface area contributed by atoms with Gasteiger partial charge in [-0.3, -0.25) is 9.59 Å². The summed E-state index contributed by atoms with van der Waals surface area (Å²) < 4.78 is 0. The Hall–Kier alpha value is -3.26. The molecule has 3 aliphatic heterocycles. The van der Waals surface area contributed by atoms with Crippen LogP contribution in [0, 0.1) is 5.41 Å². The molecule has 1 aromatic carbocycles. The van der Waals surface area contributed by atoms with E-state index < -0.39 is 5.41 Å². The lowest BCUT2D eigenvalue weighted by atomic mass is 9.58. The summed E-state index contributed by atoms with van der Waals surface area (Å²) in [6.45, 7) is 2.21. The number of fused-ring (bicyclic) bond motifs is 3. The van der Waals surface area contributed by atoms with E-state index in [2.05, 4.69) is 20.2 Å². The number of nitrogens with zero attached hydrogens (tertiary/aromatic N) is 4. The fourth-order valence-electron chi connectivity index (χ4n) is 5.36. The number of rotatable bonds is 2. The first-order valence-electron chi connectivity index (χ1n) is 9.89. The van der Waals surface area contributed by atoms with Gasteiger partial charge in [0, 0.05) is 49.7 Å². The number of carbonyl (C=O) groups excluding carboxylic acids is 2. The van der Waals surface area contributed by atoms with Crippen LogP contribution in [0.2, 0.25) is 0 Å². The van der Waals surface area contributed by atoms with Crippen molar-refractivity contribution in [3.8, 4) is 0 Å². The van der Waals surface area contributed by atoms with Crippen LogP contribution in [0.25, 0.3) is 0 Å². The van der Waals surface area contributed by atoms with Gasteiger partial charge < -0.3 is 15.1 Å². The first kappa shape index (κ1) is 17.6. The van der Waals surface area contributed by atoms with Gasteiger partial charge in [0.05, 0.1) is 4.88 Å². The highest BCUT2D eigenvalue weighted by molar-refractivity contribution is 7.12. The number of hydrogen-bond acceptors (Lipinski definition) is 6. The van der Waals surface area contributed by atoms with Gasteiger partial charge >= 0.3 is 0 Å².